The summed E-state index contributed by atoms with van der Waals surface area (Å²) < 4.78 is 0. The minimum absolute atomic E-state index is 0.106. The van der Waals surface area contributed by atoms with Gasteiger partial charge in [0.1, 0.15) is 0 Å². The van der Waals surface area contributed by atoms with Gasteiger partial charge in [0.25, 0.3) is 0 Å². The SMILES string of the molecule is CCCCCCC(N)(CC#CCCO)CCC. The second-order valence-corrected chi connectivity index (χ2v) is 4.93. The molecule has 0 radical (unpaired) electrons. The number of hydrogen-bond donors (Lipinski definition) is 2. The topological polar surface area (TPSA) is 46.2 Å². The average molecular weight is 239 g/mol. The van der Waals surface area contributed by atoms with Crippen molar-refractivity contribution in [2.45, 2.75) is 77.2 Å². The molecule has 0 aromatic heterocycles. The zero-order valence-corrected chi connectivity index (χ0v) is 11.6. The quantitative estimate of drug-likeness (QED) is 0.479. The lowest BCUT2D eigenvalue weighted by Crippen LogP contribution is -2.39. The fourth-order valence-corrected chi connectivity index (χ4v) is 2.09. The molecule has 0 aliphatic heterocycles. The molecule has 2 nitrogen and oxygen atoms in total. The first kappa shape index (κ1) is 16.5. The van der Waals surface area contributed by atoms with Crippen LogP contribution >= 0.6 is 0 Å². The molecular weight excluding hydrogens is 210 g/mol. The summed E-state index contributed by atoms with van der Waals surface area (Å²) in [7, 11) is 0. The molecule has 0 aliphatic rings. The van der Waals surface area contributed by atoms with Crippen LogP contribution in [0.15, 0.2) is 0 Å². The maximum Gasteiger partial charge on any atom is 0.0540 e. The van der Waals surface area contributed by atoms with E-state index >= 15 is 0 Å². The molecule has 3 N–H and O–H groups in total. The Labute approximate surface area is 107 Å². The lowest BCUT2D eigenvalue weighted by Gasteiger charge is -2.27. The van der Waals surface area contributed by atoms with E-state index in [1.54, 1.807) is 0 Å². The maximum atomic E-state index is 8.67. The van der Waals surface area contributed by atoms with Crippen LogP contribution in [0, 0.1) is 11.8 Å². The molecule has 1 atom stereocenters. The van der Waals surface area contributed by atoms with Gasteiger partial charge < -0.3 is 10.8 Å². The molecule has 2 heteroatoms. The first-order chi connectivity index (χ1) is 8.18. The third-order valence-electron chi connectivity index (χ3n) is 3.08. The van der Waals surface area contributed by atoms with Crippen molar-refractivity contribution in [2.75, 3.05) is 6.61 Å². The van der Waals surface area contributed by atoms with E-state index in [-0.39, 0.29) is 12.1 Å². The standard InChI is InChI=1S/C15H29NO/c1-3-5-6-8-12-15(16,11-4-2)13-9-7-10-14-17/h17H,3-6,8,10-14,16H2,1-2H3. The predicted molar refractivity (Wildman–Crippen MR) is 74.7 cm³/mol. The van der Waals surface area contributed by atoms with Gasteiger partial charge in [-0.05, 0) is 12.8 Å². The minimum Gasteiger partial charge on any atom is -0.395 e. The van der Waals surface area contributed by atoms with Crippen molar-refractivity contribution in [3.8, 4) is 11.8 Å². The van der Waals surface area contributed by atoms with Gasteiger partial charge in [-0.3, -0.25) is 0 Å². The van der Waals surface area contributed by atoms with E-state index < -0.39 is 0 Å². The first-order valence-corrected chi connectivity index (χ1v) is 7.04. The van der Waals surface area contributed by atoms with Gasteiger partial charge in [-0.1, -0.05) is 46.0 Å². The van der Waals surface area contributed by atoms with Gasteiger partial charge >= 0.3 is 0 Å². The molecular formula is C15H29NO. The predicted octanol–water partition coefficient (Wildman–Crippen LogP) is 3.23. The fourth-order valence-electron chi connectivity index (χ4n) is 2.09. The van der Waals surface area contributed by atoms with Crippen molar-refractivity contribution in [3.63, 3.8) is 0 Å². The van der Waals surface area contributed by atoms with E-state index in [0.717, 1.165) is 25.7 Å². The van der Waals surface area contributed by atoms with Crippen LogP contribution in [-0.4, -0.2) is 17.3 Å². The summed E-state index contributed by atoms with van der Waals surface area (Å²) in [5, 5.41) is 8.67. The Kier molecular flexibility index (Phi) is 10.3. The Bertz CT molecular complexity index is 229. The smallest absolute Gasteiger partial charge is 0.0540 e. The summed E-state index contributed by atoms with van der Waals surface area (Å²) in [5.74, 6) is 6.09. The number of unbranched alkanes of at least 4 members (excludes halogenated alkanes) is 3. The van der Waals surface area contributed by atoms with Gasteiger partial charge in [-0.15, -0.1) is 11.8 Å². The van der Waals surface area contributed by atoms with Crippen molar-refractivity contribution in [1.82, 2.24) is 0 Å². The van der Waals surface area contributed by atoms with Crippen molar-refractivity contribution in [3.05, 3.63) is 0 Å². The molecule has 17 heavy (non-hydrogen) atoms. The van der Waals surface area contributed by atoms with Crippen molar-refractivity contribution < 1.29 is 5.11 Å². The highest BCUT2D eigenvalue weighted by molar-refractivity contribution is 5.05. The average Bonchev–Trinajstić information content (AvgIpc) is 2.31. The van der Waals surface area contributed by atoms with E-state index in [9.17, 15) is 0 Å². The highest BCUT2D eigenvalue weighted by Gasteiger charge is 2.21. The molecule has 0 bridgehead atoms. The van der Waals surface area contributed by atoms with Gasteiger partial charge in [0, 0.05) is 18.4 Å². The number of nitrogens with two attached hydrogens (primary N) is 1. The van der Waals surface area contributed by atoms with Crippen LogP contribution < -0.4 is 5.73 Å². The van der Waals surface area contributed by atoms with Crippen LogP contribution in [0.5, 0.6) is 0 Å². The van der Waals surface area contributed by atoms with E-state index in [1.807, 2.05) is 0 Å². The Morgan fingerprint density at radius 2 is 1.76 bits per heavy atom. The third-order valence-corrected chi connectivity index (χ3v) is 3.08. The van der Waals surface area contributed by atoms with Gasteiger partial charge in [0.05, 0.1) is 6.61 Å². The second-order valence-electron chi connectivity index (χ2n) is 4.93. The molecule has 0 fully saturated rings. The van der Waals surface area contributed by atoms with Gasteiger partial charge in [0.15, 0.2) is 0 Å². The highest BCUT2D eigenvalue weighted by Crippen LogP contribution is 2.21. The lowest BCUT2D eigenvalue weighted by atomic mass is 9.85. The van der Waals surface area contributed by atoms with Crippen molar-refractivity contribution >= 4 is 0 Å². The molecule has 0 aromatic carbocycles. The van der Waals surface area contributed by atoms with E-state index in [1.165, 1.54) is 25.7 Å². The molecule has 0 amide bonds. The first-order valence-electron chi connectivity index (χ1n) is 7.04. The lowest BCUT2D eigenvalue weighted by molar-refractivity contribution is 0.304. The Hall–Kier alpha value is -0.520. The third kappa shape index (κ3) is 9.21. The summed E-state index contributed by atoms with van der Waals surface area (Å²) >= 11 is 0. The Morgan fingerprint density at radius 1 is 1.00 bits per heavy atom. The van der Waals surface area contributed by atoms with E-state index in [2.05, 4.69) is 25.7 Å². The monoisotopic (exact) mass is 239 g/mol. The summed E-state index contributed by atoms with van der Waals surface area (Å²) in [4.78, 5) is 0. The molecule has 1 unspecified atom stereocenters. The molecule has 0 rings (SSSR count). The largest absolute Gasteiger partial charge is 0.395 e. The number of aliphatic hydroxyl groups excluding tert-OH is 1. The number of rotatable bonds is 9. The molecule has 0 aliphatic carbocycles. The normalized spacial score (nSPS) is 13.9. The van der Waals surface area contributed by atoms with Crippen LogP contribution in [0.3, 0.4) is 0 Å². The van der Waals surface area contributed by atoms with Gasteiger partial charge in [-0.2, -0.15) is 0 Å². The Balaban J connectivity index is 4.02. The van der Waals surface area contributed by atoms with Crippen molar-refractivity contribution in [2.24, 2.45) is 5.73 Å². The molecule has 0 saturated carbocycles. The zero-order chi connectivity index (χ0) is 13.0. The van der Waals surface area contributed by atoms with Crippen LogP contribution in [0.25, 0.3) is 0 Å². The molecule has 0 heterocycles. The minimum atomic E-state index is -0.106. The van der Waals surface area contributed by atoms with Crippen molar-refractivity contribution in [1.29, 1.82) is 0 Å². The Morgan fingerprint density at radius 3 is 2.35 bits per heavy atom. The molecule has 0 saturated heterocycles. The van der Waals surface area contributed by atoms with Crippen LogP contribution in [0.1, 0.15) is 71.6 Å². The maximum absolute atomic E-state index is 8.67. The van der Waals surface area contributed by atoms with Crippen LogP contribution in [0.4, 0.5) is 0 Å². The van der Waals surface area contributed by atoms with Gasteiger partial charge in [-0.25, -0.2) is 0 Å². The summed E-state index contributed by atoms with van der Waals surface area (Å²) in [6.07, 6.45) is 9.65. The van der Waals surface area contributed by atoms with E-state index in [0.29, 0.717) is 6.42 Å². The zero-order valence-electron chi connectivity index (χ0n) is 11.6. The second kappa shape index (κ2) is 10.6. The highest BCUT2D eigenvalue weighted by atomic mass is 16.2. The van der Waals surface area contributed by atoms with Crippen LogP contribution in [-0.2, 0) is 0 Å². The molecule has 0 spiro atoms. The number of aliphatic hydroxyl groups is 1. The fraction of sp³-hybridized carbons (Fsp3) is 0.867. The van der Waals surface area contributed by atoms with Gasteiger partial charge in [0.2, 0.25) is 0 Å². The summed E-state index contributed by atoms with van der Waals surface area (Å²) in [6, 6.07) is 0. The molecule has 0 aromatic rings. The molecule has 100 valence electrons. The van der Waals surface area contributed by atoms with E-state index in [4.69, 9.17) is 10.8 Å². The number of hydrogen-bond acceptors (Lipinski definition) is 2. The summed E-state index contributed by atoms with van der Waals surface area (Å²) in [5.41, 5.74) is 6.30. The summed E-state index contributed by atoms with van der Waals surface area (Å²) in [6.45, 7) is 4.55. The van der Waals surface area contributed by atoms with Crippen LogP contribution in [0.2, 0.25) is 0 Å².